The van der Waals surface area contributed by atoms with E-state index in [2.05, 4.69) is 5.32 Å². The highest BCUT2D eigenvalue weighted by atomic mass is 19.2. The highest BCUT2D eigenvalue weighted by molar-refractivity contribution is 5.24. The molecule has 2 rings (SSSR count). The summed E-state index contributed by atoms with van der Waals surface area (Å²) in [6, 6.07) is 9.75. The molecule has 0 aliphatic carbocycles. The molecule has 0 fully saturated rings. The van der Waals surface area contributed by atoms with Gasteiger partial charge in [0.15, 0.2) is 11.6 Å². The molecule has 0 saturated carbocycles. The van der Waals surface area contributed by atoms with Crippen LogP contribution in [0.25, 0.3) is 0 Å². The van der Waals surface area contributed by atoms with Crippen LogP contribution >= 0.6 is 0 Å². The molecule has 2 aromatic rings. The Morgan fingerprint density at radius 1 is 0.850 bits per heavy atom. The Balaban J connectivity index is 2.13. The third-order valence-electron chi connectivity index (χ3n) is 3.32. The minimum absolute atomic E-state index is 0.103. The fourth-order valence-corrected chi connectivity index (χ4v) is 2.17. The highest BCUT2D eigenvalue weighted by Gasteiger charge is 2.16. The van der Waals surface area contributed by atoms with Crippen LogP contribution in [0.3, 0.4) is 0 Å². The Bertz CT molecular complexity index is 581. The minimum atomic E-state index is -0.856. The van der Waals surface area contributed by atoms with Gasteiger partial charge < -0.3 is 5.32 Å². The van der Waals surface area contributed by atoms with E-state index < -0.39 is 11.6 Å². The number of hydrogen-bond donors (Lipinski definition) is 1. The summed E-state index contributed by atoms with van der Waals surface area (Å²) in [5, 5.41) is 3.17. The van der Waals surface area contributed by atoms with Crippen molar-refractivity contribution < 1.29 is 13.2 Å². The molecule has 1 nitrogen and oxygen atoms in total. The maximum Gasteiger partial charge on any atom is 0.163 e. The van der Waals surface area contributed by atoms with E-state index in [0.717, 1.165) is 11.6 Å². The van der Waals surface area contributed by atoms with E-state index in [0.29, 0.717) is 0 Å². The van der Waals surface area contributed by atoms with Gasteiger partial charge in [0.1, 0.15) is 5.82 Å². The van der Waals surface area contributed by atoms with Crippen LogP contribution in [0, 0.1) is 17.5 Å². The first-order valence-electron chi connectivity index (χ1n) is 6.44. The van der Waals surface area contributed by atoms with E-state index >= 15 is 0 Å². The van der Waals surface area contributed by atoms with Crippen molar-refractivity contribution in [3.05, 3.63) is 71.0 Å². The van der Waals surface area contributed by atoms with Crippen LogP contribution in [-0.4, -0.2) is 0 Å². The number of rotatable bonds is 4. The normalized spacial score (nSPS) is 14.1. The second-order valence-corrected chi connectivity index (χ2v) is 4.80. The molecule has 0 saturated heterocycles. The summed E-state index contributed by atoms with van der Waals surface area (Å²) >= 11 is 0. The lowest BCUT2D eigenvalue weighted by Gasteiger charge is -2.21. The van der Waals surface area contributed by atoms with Crippen LogP contribution in [0.5, 0.6) is 0 Å². The van der Waals surface area contributed by atoms with Crippen molar-refractivity contribution in [2.24, 2.45) is 0 Å². The van der Waals surface area contributed by atoms with Gasteiger partial charge in [0.2, 0.25) is 0 Å². The molecular formula is C16H16F3N. The van der Waals surface area contributed by atoms with Crippen LogP contribution in [0.2, 0.25) is 0 Å². The van der Waals surface area contributed by atoms with E-state index in [1.54, 1.807) is 25.1 Å². The predicted molar refractivity (Wildman–Crippen MR) is 72.7 cm³/mol. The Hall–Kier alpha value is -1.81. The van der Waals surface area contributed by atoms with Crippen LogP contribution in [0.15, 0.2) is 42.5 Å². The standard InChI is InChI=1S/C16H16F3N/c1-10(12-6-8-13(17)9-7-12)20-11(2)14-4-3-5-15(18)16(14)19/h3-11,20H,1-2H3/t10-,11?/m0/s1. The van der Waals surface area contributed by atoms with Crippen LogP contribution in [0.1, 0.15) is 37.1 Å². The summed E-state index contributed by atoms with van der Waals surface area (Å²) in [5.74, 6) is -1.99. The van der Waals surface area contributed by atoms with Gasteiger partial charge in [-0.1, -0.05) is 24.3 Å². The lowest BCUT2D eigenvalue weighted by Crippen LogP contribution is -2.23. The average molecular weight is 279 g/mol. The monoisotopic (exact) mass is 279 g/mol. The third-order valence-corrected chi connectivity index (χ3v) is 3.32. The minimum Gasteiger partial charge on any atom is -0.304 e. The molecule has 0 amide bonds. The van der Waals surface area contributed by atoms with E-state index in [9.17, 15) is 13.2 Å². The maximum absolute atomic E-state index is 13.7. The van der Waals surface area contributed by atoms with Crippen LogP contribution in [0.4, 0.5) is 13.2 Å². The average Bonchev–Trinajstić information content (AvgIpc) is 2.42. The maximum atomic E-state index is 13.7. The van der Waals surface area contributed by atoms with Gasteiger partial charge in [0, 0.05) is 17.6 Å². The predicted octanol–water partition coefficient (Wildman–Crippen LogP) is 4.52. The van der Waals surface area contributed by atoms with Crippen molar-refractivity contribution >= 4 is 0 Å². The number of halogens is 3. The molecule has 2 aromatic carbocycles. The zero-order valence-corrected chi connectivity index (χ0v) is 11.3. The van der Waals surface area contributed by atoms with Gasteiger partial charge in [-0.05, 0) is 37.6 Å². The quantitative estimate of drug-likeness (QED) is 0.868. The summed E-state index contributed by atoms with van der Waals surface area (Å²) in [5.41, 5.74) is 1.16. The van der Waals surface area contributed by atoms with Gasteiger partial charge >= 0.3 is 0 Å². The zero-order chi connectivity index (χ0) is 14.7. The molecule has 0 radical (unpaired) electrons. The van der Waals surface area contributed by atoms with E-state index in [1.165, 1.54) is 18.2 Å². The van der Waals surface area contributed by atoms with Gasteiger partial charge in [-0.2, -0.15) is 0 Å². The van der Waals surface area contributed by atoms with E-state index in [-0.39, 0.29) is 23.5 Å². The Morgan fingerprint density at radius 2 is 1.50 bits per heavy atom. The lowest BCUT2D eigenvalue weighted by molar-refractivity contribution is 0.448. The number of hydrogen-bond acceptors (Lipinski definition) is 1. The molecule has 106 valence electrons. The van der Waals surface area contributed by atoms with Crippen molar-refractivity contribution in [1.29, 1.82) is 0 Å². The first kappa shape index (κ1) is 14.6. The smallest absolute Gasteiger partial charge is 0.163 e. The van der Waals surface area contributed by atoms with Gasteiger partial charge in [-0.3, -0.25) is 0 Å². The molecule has 0 aromatic heterocycles. The molecular weight excluding hydrogens is 263 g/mol. The summed E-state index contributed by atoms with van der Waals surface area (Å²) < 4.78 is 39.8. The van der Waals surface area contributed by atoms with Gasteiger partial charge in [-0.25, -0.2) is 13.2 Å². The Labute approximate surface area is 116 Å². The largest absolute Gasteiger partial charge is 0.304 e. The number of nitrogens with one attached hydrogen (secondary N) is 1. The summed E-state index contributed by atoms with van der Waals surface area (Å²) in [4.78, 5) is 0. The highest BCUT2D eigenvalue weighted by Crippen LogP contribution is 2.22. The van der Waals surface area contributed by atoms with Crippen LogP contribution < -0.4 is 5.32 Å². The molecule has 0 heterocycles. The van der Waals surface area contributed by atoms with Crippen molar-refractivity contribution in [3.63, 3.8) is 0 Å². The summed E-state index contributed by atoms with van der Waals surface area (Å²) in [7, 11) is 0. The molecule has 2 atom stereocenters. The molecule has 4 heteroatoms. The summed E-state index contributed by atoms with van der Waals surface area (Å²) in [6.07, 6.45) is 0. The fourth-order valence-electron chi connectivity index (χ4n) is 2.17. The van der Waals surface area contributed by atoms with Crippen LogP contribution in [-0.2, 0) is 0 Å². The molecule has 0 spiro atoms. The third kappa shape index (κ3) is 3.20. The molecule has 0 aliphatic heterocycles. The second-order valence-electron chi connectivity index (χ2n) is 4.80. The van der Waals surface area contributed by atoms with Gasteiger partial charge in [-0.15, -0.1) is 0 Å². The topological polar surface area (TPSA) is 12.0 Å². The van der Waals surface area contributed by atoms with E-state index in [4.69, 9.17) is 0 Å². The van der Waals surface area contributed by atoms with Crippen molar-refractivity contribution in [1.82, 2.24) is 5.32 Å². The molecule has 1 N–H and O–H groups in total. The first-order valence-corrected chi connectivity index (χ1v) is 6.44. The lowest BCUT2D eigenvalue weighted by atomic mass is 10.0. The zero-order valence-electron chi connectivity index (χ0n) is 11.3. The second kappa shape index (κ2) is 6.09. The van der Waals surface area contributed by atoms with Crippen molar-refractivity contribution in [2.75, 3.05) is 0 Å². The number of benzene rings is 2. The van der Waals surface area contributed by atoms with E-state index in [1.807, 2.05) is 6.92 Å². The fraction of sp³-hybridized carbons (Fsp3) is 0.250. The van der Waals surface area contributed by atoms with Crippen molar-refractivity contribution in [2.45, 2.75) is 25.9 Å². The Kier molecular flexibility index (Phi) is 4.45. The van der Waals surface area contributed by atoms with Gasteiger partial charge in [0.25, 0.3) is 0 Å². The Morgan fingerprint density at radius 3 is 2.15 bits per heavy atom. The first-order chi connectivity index (χ1) is 9.49. The SMILES string of the molecule is CC(N[C@@H](C)c1ccc(F)cc1)c1cccc(F)c1F. The molecule has 20 heavy (non-hydrogen) atoms. The molecule has 1 unspecified atom stereocenters. The van der Waals surface area contributed by atoms with Crippen molar-refractivity contribution in [3.8, 4) is 0 Å². The molecule has 0 bridgehead atoms. The van der Waals surface area contributed by atoms with Gasteiger partial charge in [0.05, 0.1) is 0 Å². The molecule has 0 aliphatic rings. The summed E-state index contributed by atoms with van der Waals surface area (Å²) in [6.45, 7) is 3.65.